The molecule has 3 heterocycles. The number of anilines is 2. The molecule has 5 rings (SSSR count). The molecule has 0 saturated carbocycles. The van der Waals surface area contributed by atoms with Crippen LogP contribution in [0.3, 0.4) is 0 Å². The van der Waals surface area contributed by atoms with E-state index in [1.54, 1.807) is 24.4 Å². The Kier molecular flexibility index (Phi) is 8.88. The maximum Gasteiger partial charge on any atom is 0.416 e. The SMILES string of the molecule is CN(C)C1CCN(Cc2ccc(NC(=O)CC(=O)Nc3ccc4c(/C=C/c5ccccn5)n[nH]c4c3)cc2C(F)(F)F)C1. The van der Waals surface area contributed by atoms with Crippen molar-refractivity contribution in [3.05, 3.63) is 83.3 Å². The van der Waals surface area contributed by atoms with E-state index in [1.807, 2.05) is 49.3 Å². The number of benzene rings is 2. The smallest absolute Gasteiger partial charge is 0.326 e. The van der Waals surface area contributed by atoms with Crippen molar-refractivity contribution in [2.45, 2.75) is 31.6 Å². The molecule has 224 valence electrons. The Bertz CT molecular complexity index is 1630. The summed E-state index contributed by atoms with van der Waals surface area (Å²) in [6.45, 7) is 1.57. The molecule has 3 N–H and O–H groups in total. The number of carbonyl (C=O) groups excluding carboxylic acids is 2. The topological polar surface area (TPSA) is 106 Å². The fourth-order valence-corrected chi connectivity index (χ4v) is 5.11. The van der Waals surface area contributed by atoms with Crippen molar-refractivity contribution in [3.63, 3.8) is 0 Å². The number of likely N-dealkylation sites (tertiary alicyclic amines) is 1. The molecule has 1 aliphatic rings. The van der Waals surface area contributed by atoms with Crippen molar-refractivity contribution in [2.75, 3.05) is 37.8 Å². The van der Waals surface area contributed by atoms with Crippen LogP contribution >= 0.6 is 0 Å². The van der Waals surface area contributed by atoms with Crippen LogP contribution in [0, 0.1) is 0 Å². The number of pyridine rings is 1. The Balaban J connectivity index is 1.19. The predicted octanol–water partition coefficient (Wildman–Crippen LogP) is 5.25. The van der Waals surface area contributed by atoms with Gasteiger partial charge in [-0.1, -0.05) is 12.1 Å². The minimum absolute atomic E-state index is 0.0216. The zero-order chi connectivity index (χ0) is 30.6. The molecule has 12 heteroatoms. The fraction of sp³-hybridized carbons (Fsp3) is 0.290. The van der Waals surface area contributed by atoms with Crippen LogP contribution in [0.25, 0.3) is 23.1 Å². The van der Waals surface area contributed by atoms with Gasteiger partial charge in [0, 0.05) is 48.6 Å². The summed E-state index contributed by atoms with van der Waals surface area (Å²) in [5.41, 5.74) is 1.92. The molecule has 1 aliphatic heterocycles. The predicted molar refractivity (Wildman–Crippen MR) is 160 cm³/mol. The molecule has 1 atom stereocenters. The number of likely N-dealkylation sites (N-methyl/N-ethyl adjacent to an activating group) is 1. The van der Waals surface area contributed by atoms with Crippen LogP contribution < -0.4 is 10.6 Å². The second-order valence-corrected chi connectivity index (χ2v) is 10.7. The number of aromatic amines is 1. The summed E-state index contributed by atoms with van der Waals surface area (Å²) in [6, 6.07) is 14.8. The summed E-state index contributed by atoms with van der Waals surface area (Å²) < 4.78 is 41.7. The van der Waals surface area contributed by atoms with Crippen LogP contribution in [0.1, 0.15) is 35.4 Å². The molecule has 2 amide bonds. The summed E-state index contributed by atoms with van der Waals surface area (Å²) in [5.74, 6) is -1.33. The summed E-state index contributed by atoms with van der Waals surface area (Å²) in [7, 11) is 3.93. The number of nitrogens with one attached hydrogen (secondary N) is 3. The molecule has 4 aromatic rings. The lowest BCUT2D eigenvalue weighted by atomic mass is 10.1. The van der Waals surface area contributed by atoms with Crippen LogP contribution in [0.15, 0.2) is 60.8 Å². The molecule has 1 unspecified atom stereocenters. The lowest BCUT2D eigenvalue weighted by molar-refractivity contribution is -0.138. The number of halogens is 3. The molecule has 1 saturated heterocycles. The van der Waals surface area contributed by atoms with E-state index in [-0.39, 0.29) is 17.8 Å². The van der Waals surface area contributed by atoms with Gasteiger partial charge < -0.3 is 15.5 Å². The highest BCUT2D eigenvalue weighted by Gasteiger charge is 2.35. The van der Waals surface area contributed by atoms with Gasteiger partial charge in [0.1, 0.15) is 6.42 Å². The van der Waals surface area contributed by atoms with Gasteiger partial charge >= 0.3 is 6.18 Å². The van der Waals surface area contributed by atoms with Crippen LogP contribution in [0.2, 0.25) is 0 Å². The zero-order valence-electron chi connectivity index (χ0n) is 23.8. The van der Waals surface area contributed by atoms with E-state index in [9.17, 15) is 22.8 Å². The van der Waals surface area contributed by atoms with Crippen molar-refractivity contribution in [2.24, 2.45) is 0 Å². The van der Waals surface area contributed by atoms with Crippen molar-refractivity contribution in [1.29, 1.82) is 0 Å². The van der Waals surface area contributed by atoms with Gasteiger partial charge in [-0.3, -0.25) is 24.6 Å². The van der Waals surface area contributed by atoms with Gasteiger partial charge in [0.05, 0.1) is 22.5 Å². The number of H-pyrrole nitrogens is 1. The lowest BCUT2D eigenvalue weighted by Crippen LogP contribution is -2.31. The third kappa shape index (κ3) is 7.65. The van der Waals surface area contributed by atoms with Gasteiger partial charge in [0.15, 0.2) is 0 Å². The molecule has 1 fully saturated rings. The Morgan fingerprint density at radius 2 is 1.79 bits per heavy atom. The number of carbonyl (C=O) groups is 2. The summed E-state index contributed by atoms with van der Waals surface area (Å²) in [4.78, 5) is 33.4. The molecule has 2 aromatic carbocycles. The maximum absolute atomic E-state index is 13.9. The first kappa shape index (κ1) is 29.9. The molecular weight excluding hydrogens is 559 g/mol. The molecule has 0 radical (unpaired) electrons. The van der Waals surface area contributed by atoms with Crippen molar-refractivity contribution in [3.8, 4) is 0 Å². The average Bonchev–Trinajstić information content (AvgIpc) is 3.59. The molecule has 0 spiro atoms. The molecule has 0 bridgehead atoms. The Hall–Kier alpha value is -4.55. The van der Waals surface area contributed by atoms with E-state index >= 15 is 0 Å². The van der Waals surface area contributed by atoms with E-state index < -0.39 is 30.0 Å². The zero-order valence-corrected chi connectivity index (χ0v) is 23.8. The highest BCUT2D eigenvalue weighted by Crippen LogP contribution is 2.35. The minimum Gasteiger partial charge on any atom is -0.326 e. The second-order valence-electron chi connectivity index (χ2n) is 10.7. The van der Waals surface area contributed by atoms with E-state index in [0.29, 0.717) is 36.0 Å². The monoisotopic (exact) mass is 591 g/mol. The maximum atomic E-state index is 13.9. The van der Waals surface area contributed by atoms with Gasteiger partial charge in [-0.05, 0) is 80.7 Å². The van der Waals surface area contributed by atoms with Crippen molar-refractivity contribution >= 4 is 46.2 Å². The number of amides is 2. The molecule has 9 nitrogen and oxygen atoms in total. The average molecular weight is 592 g/mol. The van der Waals surface area contributed by atoms with E-state index in [0.717, 1.165) is 23.6 Å². The molecular formula is C31H32F3N7O2. The number of alkyl halides is 3. The Morgan fingerprint density at radius 3 is 2.47 bits per heavy atom. The summed E-state index contributed by atoms with van der Waals surface area (Å²) in [6.07, 6.45) is 1.10. The number of rotatable bonds is 9. The number of nitrogens with zero attached hydrogens (tertiary/aromatic N) is 4. The van der Waals surface area contributed by atoms with Crippen LogP contribution in [0.4, 0.5) is 24.5 Å². The van der Waals surface area contributed by atoms with E-state index in [1.165, 1.54) is 12.1 Å². The van der Waals surface area contributed by atoms with Crippen molar-refractivity contribution in [1.82, 2.24) is 25.0 Å². The quantitative estimate of drug-likeness (QED) is 0.230. The number of hydrogen-bond acceptors (Lipinski definition) is 6. The number of hydrogen-bond donors (Lipinski definition) is 3. The van der Waals surface area contributed by atoms with Crippen LogP contribution in [0.5, 0.6) is 0 Å². The van der Waals surface area contributed by atoms with E-state index in [4.69, 9.17) is 0 Å². The largest absolute Gasteiger partial charge is 0.416 e. The first-order valence-corrected chi connectivity index (χ1v) is 13.8. The highest BCUT2D eigenvalue weighted by molar-refractivity contribution is 6.08. The van der Waals surface area contributed by atoms with Gasteiger partial charge in [0.25, 0.3) is 0 Å². The summed E-state index contributed by atoms with van der Waals surface area (Å²) >= 11 is 0. The molecule has 2 aromatic heterocycles. The van der Waals surface area contributed by atoms with E-state index in [2.05, 4.69) is 30.7 Å². The van der Waals surface area contributed by atoms with Gasteiger partial charge in [-0.15, -0.1) is 0 Å². The normalized spacial score (nSPS) is 15.9. The van der Waals surface area contributed by atoms with Gasteiger partial charge in [-0.2, -0.15) is 18.3 Å². The summed E-state index contributed by atoms with van der Waals surface area (Å²) in [5, 5.41) is 13.1. The Morgan fingerprint density at radius 1 is 1.05 bits per heavy atom. The Labute approximate surface area is 246 Å². The van der Waals surface area contributed by atoms with Gasteiger partial charge in [-0.25, -0.2) is 0 Å². The van der Waals surface area contributed by atoms with Crippen molar-refractivity contribution < 1.29 is 22.8 Å². The third-order valence-corrected chi connectivity index (χ3v) is 7.37. The minimum atomic E-state index is -4.59. The standard InChI is InChI=1S/C31H32F3N7O2/c1-40(2)24-12-14-41(19-24)18-20-6-7-22(15-26(20)31(32,33)34)36-29(42)17-30(43)37-23-8-10-25-27(38-39-28(25)16-23)11-9-21-5-3-4-13-35-21/h3-11,13,15-16,24H,12,14,17-19H2,1-2H3,(H,36,42)(H,37,43)(H,38,39)/b11-9+. The fourth-order valence-electron chi connectivity index (χ4n) is 5.11. The van der Waals surface area contributed by atoms with Crippen LogP contribution in [-0.4, -0.2) is 70.0 Å². The first-order chi connectivity index (χ1) is 20.5. The number of aromatic nitrogens is 3. The van der Waals surface area contributed by atoms with Gasteiger partial charge in [0.2, 0.25) is 11.8 Å². The van der Waals surface area contributed by atoms with Crippen LogP contribution in [-0.2, 0) is 22.3 Å². The molecule has 43 heavy (non-hydrogen) atoms. The third-order valence-electron chi connectivity index (χ3n) is 7.37. The molecule has 0 aliphatic carbocycles. The first-order valence-electron chi connectivity index (χ1n) is 13.8. The second kappa shape index (κ2) is 12.8. The lowest BCUT2D eigenvalue weighted by Gasteiger charge is -2.22. The highest BCUT2D eigenvalue weighted by atomic mass is 19.4. The number of fused-ring (bicyclic) bond motifs is 1.